The van der Waals surface area contributed by atoms with Crippen molar-refractivity contribution >= 4 is 72.3 Å². The van der Waals surface area contributed by atoms with Gasteiger partial charge < -0.3 is 15.2 Å². The normalized spacial score (nSPS) is 23.9. The maximum atomic E-state index is 14.3. The average molecular weight is 744 g/mol. The summed E-state index contributed by atoms with van der Waals surface area (Å²) in [7, 11) is 1.43. The molecule has 1 fully saturated rings. The largest absolute Gasteiger partial charge is 0.503 e. The van der Waals surface area contributed by atoms with Gasteiger partial charge in [-0.2, -0.15) is 0 Å². The molecule has 1 heterocycles. The van der Waals surface area contributed by atoms with Crippen LogP contribution in [0.15, 0.2) is 104 Å². The van der Waals surface area contributed by atoms with Crippen molar-refractivity contribution in [2.24, 2.45) is 17.8 Å². The molecule has 1 aliphatic heterocycles. The number of para-hydroxylation sites is 1. The summed E-state index contributed by atoms with van der Waals surface area (Å²) >= 11 is 7.04. The molecule has 3 aliphatic carbocycles. The molecule has 4 unspecified atom stereocenters. The molecule has 2 amide bonds. The lowest BCUT2D eigenvalue weighted by Gasteiger charge is -2.42. The lowest BCUT2D eigenvalue weighted by Crippen LogP contribution is -2.40. The highest BCUT2D eigenvalue weighted by atomic mass is 79.9. The second kappa shape index (κ2) is 11.5. The molecule has 3 aromatic carbocycles. The van der Waals surface area contributed by atoms with E-state index in [0.717, 1.165) is 16.9 Å². The van der Waals surface area contributed by atoms with Gasteiger partial charge >= 0.3 is 0 Å². The Labute approximate surface area is 282 Å². The molecule has 2 N–H and O–H groups in total. The first-order valence-corrected chi connectivity index (χ1v) is 16.4. The number of rotatable bonds is 5. The number of carbonyl (C=O) groups is 4. The molecule has 0 spiro atoms. The molecule has 3 aromatic rings. The van der Waals surface area contributed by atoms with Crippen LogP contribution in [0.1, 0.15) is 31.2 Å². The quantitative estimate of drug-likeness (QED) is 0.160. The highest BCUT2D eigenvalue weighted by molar-refractivity contribution is 9.13. The van der Waals surface area contributed by atoms with Crippen LogP contribution in [-0.2, 0) is 19.2 Å². The van der Waals surface area contributed by atoms with E-state index < -0.39 is 23.7 Å². The number of amides is 2. The molecule has 0 saturated carbocycles. The lowest BCUT2D eigenvalue weighted by atomic mass is 9.59. The summed E-state index contributed by atoms with van der Waals surface area (Å²) in [6.45, 7) is 1.62. The van der Waals surface area contributed by atoms with E-state index in [1.807, 2.05) is 48.5 Å². The fourth-order valence-corrected chi connectivity index (χ4v) is 8.29. The van der Waals surface area contributed by atoms with Crippen LogP contribution in [0.3, 0.4) is 0 Å². The molecule has 8 nitrogen and oxygen atoms in total. The van der Waals surface area contributed by atoms with Crippen molar-refractivity contribution in [2.45, 2.75) is 25.7 Å². The first-order chi connectivity index (χ1) is 22.1. The number of methoxy groups -OCH3 is 1. The van der Waals surface area contributed by atoms with Crippen molar-refractivity contribution in [1.29, 1.82) is 0 Å². The summed E-state index contributed by atoms with van der Waals surface area (Å²) < 4.78 is 6.29. The number of ether oxygens (including phenoxy) is 1. The topological polar surface area (TPSA) is 113 Å². The van der Waals surface area contributed by atoms with Crippen molar-refractivity contribution in [2.75, 3.05) is 17.3 Å². The summed E-state index contributed by atoms with van der Waals surface area (Å²) in [5, 5.41) is 14.0. The summed E-state index contributed by atoms with van der Waals surface area (Å²) in [6, 6.07) is 18.5. The third-order valence-corrected chi connectivity index (χ3v) is 11.6. The predicted octanol–water partition coefficient (Wildman–Crippen LogP) is 7.30. The number of hydrogen-bond acceptors (Lipinski definition) is 7. The number of fused-ring (bicyclic) bond motifs is 3. The van der Waals surface area contributed by atoms with E-state index in [9.17, 15) is 24.3 Å². The minimum absolute atomic E-state index is 0.114. The lowest BCUT2D eigenvalue weighted by molar-refractivity contribution is -0.123. The molecule has 1 saturated heterocycles. The van der Waals surface area contributed by atoms with Crippen molar-refractivity contribution in [3.05, 3.63) is 110 Å². The number of allylic oxidation sites excluding steroid dienone is 6. The molecular formula is C36H28Br2N2O6. The highest BCUT2D eigenvalue weighted by Gasteiger charge is 2.57. The van der Waals surface area contributed by atoms with Crippen LogP contribution in [0, 0.1) is 17.8 Å². The Balaban J connectivity index is 1.29. The third-order valence-electron chi connectivity index (χ3n) is 9.46. The van der Waals surface area contributed by atoms with E-state index in [-0.39, 0.29) is 41.3 Å². The van der Waals surface area contributed by atoms with Crippen LogP contribution in [-0.4, -0.2) is 35.6 Å². The van der Waals surface area contributed by atoms with Crippen LogP contribution in [0.5, 0.6) is 11.5 Å². The molecule has 10 heteroatoms. The average Bonchev–Trinajstić information content (AvgIpc) is 3.32. The number of hydrogen-bond donors (Lipinski definition) is 2. The number of nitrogens with one attached hydrogen (secondary N) is 1. The van der Waals surface area contributed by atoms with Gasteiger partial charge in [0.05, 0.1) is 29.1 Å². The number of anilines is 3. The summed E-state index contributed by atoms with van der Waals surface area (Å²) in [5.74, 6) is -3.52. The zero-order valence-corrected chi connectivity index (χ0v) is 28.0. The zero-order chi connectivity index (χ0) is 32.4. The van der Waals surface area contributed by atoms with Crippen molar-refractivity contribution in [3.63, 3.8) is 0 Å². The molecule has 0 aromatic heterocycles. The molecule has 0 bridgehead atoms. The SMILES string of the molecule is COc1cc(C2C3=CCC4C(=O)N(c5ccc(Nc6ccccc6)cc5)C(=O)C4C3CC3=C2C(=O)C(C)=CC3=O)c(Br)c(Br)c1O. The minimum atomic E-state index is -0.706. The molecule has 0 radical (unpaired) electrons. The first kappa shape index (κ1) is 30.4. The van der Waals surface area contributed by atoms with Crippen LogP contribution in [0.25, 0.3) is 0 Å². The molecule has 46 heavy (non-hydrogen) atoms. The van der Waals surface area contributed by atoms with Gasteiger partial charge in [-0.1, -0.05) is 29.8 Å². The first-order valence-electron chi connectivity index (χ1n) is 14.9. The van der Waals surface area contributed by atoms with E-state index >= 15 is 0 Å². The van der Waals surface area contributed by atoms with Gasteiger partial charge in [0, 0.05) is 38.5 Å². The van der Waals surface area contributed by atoms with Crippen LogP contribution >= 0.6 is 31.9 Å². The Kier molecular flexibility index (Phi) is 7.60. The molecular weight excluding hydrogens is 716 g/mol. The standard InChI is InChI=1S/C36H28Br2N2O6/c1-17-14-26(41)24-15-23-21(28(30(24)33(17)42)25-16-27(46-2)34(43)32(38)31(25)37)12-13-22-29(23)36(45)40(35(22)44)20-10-8-19(9-11-20)39-18-6-4-3-5-7-18/h3-12,14,16,22-23,28-29,39,43H,13,15H2,1-2H3. The monoisotopic (exact) mass is 742 g/mol. The number of ketones is 2. The van der Waals surface area contributed by atoms with Gasteiger partial charge in [-0.3, -0.25) is 24.1 Å². The zero-order valence-electron chi connectivity index (χ0n) is 24.8. The highest BCUT2D eigenvalue weighted by Crippen LogP contribution is 2.57. The Morgan fingerprint density at radius 3 is 2.30 bits per heavy atom. The number of halogens is 2. The van der Waals surface area contributed by atoms with Gasteiger partial charge in [0.2, 0.25) is 11.8 Å². The van der Waals surface area contributed by atoms with Gasteiger partial charge in [-0.05, 0) is 112 Å². The maximum absolute atomic E-state index is 14.3. The Morgan fingerprint density at radius 1 is 0.913 bits per heavy atom. The Morgan fingerprint density at radius 2 is 1.61 bits per heavy atom. The van der Waals surface area contributed by atoms with Crippen LogP contribution in [0.2, 0.25) is 0 Å². The smallest absolute Gasteiger partial charge is 0.238 e. The Hall–Kier alpha value is -4.28. The molecule has 4 atom stereocenters. The second-order valence-corrected chi connectivity index (χ2v) is 13.5. The van der Waals surface area contributed by atoms with Crippen LogP contribution < -0.4 is 15.0 Å². The van der Waals surface area contributed by atoms with E-state index in [0.29, 0.717) is 43.3 Å². The van der Waals surface area contributed by atoms with Gasteiger partial charge in [-0.25, -0.2) is 0 Å². The maximum Gasteiger partial charge on any atom is 0.238 e. The van der Waals surface area contributed by atoms with E-state index in [4.69, 9.17) is 4.74 Å². The van der Waals surface area contributed by atoms with E-state index in [1.54, 1.807) is 25.1 Å². The number of imide groups is 1. The molecule has 232 valence electrons. The Bertz CT molecular complexity index is 1950. The van der Waals surface area contributed by atoms with Gasteiger partial charge in [0.15, 0.2) is 23.1 Å². The van der Waals surface area contributed by atoms with Crippen LogP contribution in [0.4, 0.5) is 17.1 Å². The second-order valence-electron chi connectivity index (χ2n) is 11.9. The third kappa shape index (κ3) is 4.69. The number of Topliss-reactive ketones (excluding diaryl/α,β-unsaturated/α-hetero) is 1. The fourth-order valence-electron chi connectivity index (χ4n) is 7.33. The molecule has 4 aliphatic rings. The summed E-state index contributed by atoms with van der Waals surface area (Å²) in [5.41, 5.74) is 4.68. The predicted molar refractivity (Wildman–Crippen MR) is 180 cm³/mol. The number of aromatic hydroxyl groups is 1. The molecule has 7 rings (SSSR count). The van der Waals surface area contributed by atoms with E-state index in [1.165, 1.54) is 18.1 Å². The van der Waals surface area contributed by atoms with Gasteiger partial charge in [0.1, 0.15) is 0 Å². The minimum Gasteiger partial charge on any atom is -0.503 e. The fraction of sp³-hybridized carbons (Fsp3) is 0.222. The number of nitrogens with zero attached hydrogens (tertiary/aromatic N) is 1. The van der Waals surface area contributed by atoms with Gasteiger partial charge in [-0.15, -0.1) is 0 Å². The number of carbonyl (C=O) groups excluding carboxylic acids is 4. The van der Waals surface area contributed by atoms with E-state index in [2.05, 4.69) is 37.2 Å². The van der Waals surface area contributed by atoms with Crippen molar-refractivity contribution in [3.8, 4) is 11.5 Å². The van der Waals surface area contributed by atoms with Crippen molar-refractivity contribution < 1.29 is 29.0 Å². The number of phenolic OH excluding ortho intramolecular Hbond substituents is 1. The van der Waals surface area contributed by atoms with Crippen molar-refractivity contribution in [1.82, 2.24) is 0 Å². The summed E-state index contributed by atoms with van der Waals surface area (Å²) in [4.78, 5) is 56.7. The van der Waals surface area contributed by atoms with Gasteiger partial charge in [0.25, 0.3) is 0 Å². The summed E-state index contributed by atoms with van der Waals surface area (Å²) in [6.07, 6.45) is 3.81. The number of phenols is 1. The number of benzene rings is 3.